The monoisotopic (exact) mass is 200 g/mol. The quantitative estimate of drug-likeness (QED) is 0.391. The number of nitrogens with two attached hydrogens (primary N) is 1. The molecule has 0 saturated heterocycles. The highest BCUT2D eigenvalue weighted by Gasteiger charge is 2.45. The van der Waals surface area contributed by atoms with Crippen LogP contribution < -0.4 is 5.84 Å². The summed E-state index contributed by atoms with van der Waals surface area (Å²) in [6.45, 7) is 0. The zero-order valence-electron chi connectivity index (χ0n) is 5.04. The van der Waals surface area contributed by atoms with Gasteiger partial charge in [0, 0.05) is 0 Å². The molecule has 2 N–H and O–H groups in total. The molecule has 0 bridgehead atoms. The van der Waals surface area contributed by atoms with Crippen LogP contribution in [0, 0.1) is 0 Å². The molecule has 0 radical (unpaired) electrons. The van der Waals surface area contributed by atoms with Crippen molar-refractivity contribution >= 4 is 28.9 Å². The van der Waals surface area contributed by atoms with Gasteiger partial charge in [0.25, 0.3) is 0 Å². The molecular formula is C3H3ClF2N4S. The molecule has 0 spiro atoms. The molecule has 1 heterocycles. The smallest absolute Gasteiger partial charge is 0.250 e. The van der Waals surface area contributed by atoms with E-state index in [1.165, 1.54) is 0 Å². The van der Waals surface area contributed by atoms with E-state index in [1.807, 2.05) is 0 Å². The fourth-order valence-electron chi connectivity index (χ4n) is 0.539. The van der Waals surface area contributed by atoms with Gasteiger partial charge in [0.05, 0.1) is 0 Å². The lowest BCUT2D eigenvalue weighted by Crippen LogP contribution is -2.46. The third kappa shape index (κ3) is 1.60. The number of thiocarbonyl (C=S) groups is 1. The lowest BCUT2D eigenvalue weighted by Gasteiger charge is -2.19. The summed E-state index contributed by atoms with van der Waals surface area (Å²) in [6, 6.07) is 0. The van der Waals surface area contributed by atoms with Gasteiger partial charge >= 0.3 is 5.38 Å². The third-order valence-electron chi connectivity index (χ3n) is 1.03. The number of halogens is 3. The Hall–Kier alpha value is -0.400. The molecule has 1 unspecified atom stereocenters. The molecule has 1 atom stereocenters. The molecule has 4 nitrogen and oxygen atoms in total. The largest absolute Gasteiger partial charge is 0.364 e. The number of alkyl halides is 3. The van der Waals surface area contributed by atoms with Gasteiger partial charge in [0.15, 0.2) is 0 Å². The summed E-state index contributed by atoms with van der Waals surface area (Å²) in [5.41, 5.74) is 0. The summed E-state index contributed by atoms with van der Waals surface area (Å²) in [5, 5.41) is 3.03. The van der Waals surface area contributed by atoms with Crippen molar-refractivity contribution in [2.75, 3.05) is 0 Å². The van der Waals surface area contributed by atoms with Gasteiger partial charge in [-0.05, 0) is 23.8 Å². The van der Waals surface area contributed by atoms with Crippen LogP contribution in [-0.4, -0.2) is 21.7 Å². The van der Waals surface area contributed by atoms with E-state index in [9.17, 15) is 8.78 Å². The van der Waals surface area contributed by atoms with Gasteiger partial charge in [-0.25, -0.2) is 5.84 Å². The Morgan fingerprint density at radius 2 is 2.27 bits per heavy atom. The first-order chi connectivity index (χ1) is 4.93. The van der Waals surface area contributed by atoms with Crippen LogP contribution in [0.1, 0.15) is 0 Å². The molecular weight excluding hydrogens is 198 g/mol. The van der Waals surface area contributed by atoms with Crippen LogP contribution in [-0.2, 0) is 0 Å². The van der Waals surface area contributed by atoms with Crippen LogP contribution in [0.5, 0.6) is 0 Å². The summed E-state index contributed by atoms with van der Waals surface area (Å²) < 4.78 is 24.6. The number of hydrazine groups is 1. The van der Waals surface area contributed by atoms with Crippen molar-refractivity contribution in [1.82, 2.24) is 5.01 Å². The number of nitrogens with zero attached hydrogens (tertiary/aromatic N) is 3. The summed E-state index contributed by atoms with van der Waals surface area (Å²) in [5.74, 6) is 5.05. The van der Waals surface area contributed by atoms with Gasteiger partial charge in [-0.15, -0.1) is 5.11 Å². The van der Waals surface area contributed by atoms with Crippen molar-refractivity contribution in [3.63, 3.8) is 0 Å². The SMILES string of the molecule is NN1C(=S)N=NC1C(F)(F)Cl. The summed E-state index contributed by atoms with van der Waals surface area (Å²) in [4.78, 5) is 0. The van der Waals surface area contributed by atoms with Crippen molar-refractivity contribution in [2.24, 2.45) is 16.1 Å². The van der Waals surface area contributed by atoms with E-state index in [1.54, 1.807) is 0 Å². The maximum Gasteiger partial charge on any atom is 0.364 e. The van der Waals surface area contributed by atoms with Crippen molar-refractivity contribution < 1.29 is 8.78 Å². The minimum atomic E-state index is -3.54. The predicted octanol–water partition coefficient (Wildman–Crippen LogP) is 1.07. The summed E-state index contributed by atoms with van der Waals surface area (Å²) in [7, 11) is 0. The summed E-state index contributed by atoms with van der Waals surface area (Å²) in [6.07, 6.45) is -1.68. The van der Waals surface area contributed by atoms with Gasteiger partial charge in [-0.2, -0.15) is 13.9 Å². The topological polar surface area (TPSA) is 54.0 Å². The van der Waals surface area contributed by atoms with Gasteiger partial charge in [-0.1, -0.05) is 0 Å². The highest BCUT2D eigenvalue weighted by Crippen LogP contribution is 2.30. The summed E-state index contributed by atoms with van der Waals surface area (Å²) >= 11 is 9.07. The maximum atomic E-state index is 12.3. The predicted molar refractivity (Wildman–Crippen MR) is 38.1 cm³/mol. The molecule has 0 saturated carbocycles. The number of rotatable bonds is 1. The number of hydrogen-bond acceptors (Lipinski definition) is 3. The van der Waals surface area contributed by atoms with Gasteiger partial charge in [0.2, 0.25) is 11.3 Å². The van der Waals surface area contributed by atoms with Gasteiger partial charge in [-0.3, -0.25) is 5.01 Å². The molecule has 1 aliphatic heterocycles. The van der Waals surface area contributed by atoms with Crippen LogP contribution >= 0.6 is 23.8 Å². The zero-order chi connectivity index (χ0) is 8.65. The Morgan fingerprint density at radius 3 is 2.45 bits per heavy atom. The molecule has 8 heteroatoms. The first kappa shape index (κ1) is 8.69. The molecule has 0 aliphatic carbocycles. The van der Waals surface area contributed by atoms with Gasteiger partial charge < -0.3 is 0 Å². The first-order valence-electron chi connectivity index (χ1n) is 2.48. The first-order valence-corrected chi connectivity index (χ1v) is 3.27. The van der Waals surface area contributed by atoms with E-state index in [4.69, 9.17) is 5.84 Å². The molecule has 11 heavy (non-hydrogen) atoms. The van der Waals surface area contributed by atoms with Crippen molar-refractivity contribution in [3.05, 3.63) is 0 Å². The van der Waals surface area contributed by atoms with E-state index in [0.29, 0.717) is 5.01 Å². The number of hydrogen-bond donors (Lipinski definition) is 1. The van der Waals surface area contributed by atoms with E-state index in [2.05, 4.69) is 34.0 Å². The molecule has 0 amide bonds. The van der Waals surface area contributed by atoms with Crippen molar-refractivity contribution in [2.45, 2.75) is 11.5 Å². The Bertz CT molecular complexity index is 214. The van der Waals surface area contributed by atoms with Gasteiger partial charge in [0.1, 0.15) is 0 Å². The molecule has 62 valence electrons. The van der Waals surface area contributed by atoms with E-state index < -0.39 is 11.5 Å². The Balaban J connectivity index is 2.78. The normalized spacial score (nSPS) is 24.9. The fraction of sp³-hybridized carbons (Fsp3) is 0.667. The molecule has 1 rings (SSSR count). The molecule has 0 aromatic carbocycles. The van der Waals surface area contributed by atoms with Crippen molar-refractivity contribution in [3.8, 4) is 0 Å². The molecule has 1 aliphatic rings. The maximum absolute atomic E-state index is 12.3. The van der Waals surface area contributed by atoms with Crippen LogP contribution in [0.2, 0.25) is 0 Å². The van der Waals surface area contributed by atoms with Crippen LogP contribution in [0.3, 0.4) is 0 Å². The Morgan fingerprint density at radius 1 is 1.73 bits per heavy atom. The lowest BCUT2D eigenvalue weighted by atomic mass is 10.5. The van der Waals surface area contributed by atoms with Crippen LogP contribution in [0.25, 0.3) is 0 Å². The van der Waals surface area contributed by atoms with Crippen molar-refractivity contribution in [1.29, 1.82) is 0 Å². The Labute approximate surface area is 71.0 Å². The standard InChI is InChI=1S/C3H3ClF2N4S/c4-3(5,6)1-8-9-2(11)10(1)7/h1H,7H2. The second-order valence-corrected chi connectivity index (χ2v) is 2.69. The van der Waals surface area contributed by atoms with E-state index in [-0.39, 0.29) is 5.11 Å². The van der Waals surface area contributed by atoms with E-state index in [0.717, 1.165) is 0 Å². The molecule has 0 aromatic rings. The minimum Gasteiger partial charge on any atom is -0.250 e. The third-order valence-corrected chi connectivity index (χ3v) is 1.52. The highest BCUT2D eigenvalue weighted by atomic mass is 35.5. The zero-order valence-corrected chi connectivity index (χ0v) is 6.61. The second kappa shape index (κ2) is 2.58. The fourth-order valence-corrected chi connectivity index (χ4v) is 0.835. The molecule has 0 fully saturated rings. The average Bonchev–Trinajstić information content (AvgIpc) is 2.11. The minimum absolute atomic E-state index is 0.199. The average molecular weight is 201 g/mol. The molecule has 0 aromatic heterocycles. The lowest BCUT2D eigenvalue weighted by molar-refractivity contribution is 0.0223. The number of azo groups is 1. The van der Waals surface area contributed by atoms with E-state index >= 15 is 0 Å². The van der Waals surface area contributed by atoms with Crippen LogP contribution in [0.15, 0.2) is 10.2 Å². The van der Waals surface area contributed by atoms with Crippen LogP contribution in [0.4, 0.5) is 8.78 Å². The second-order valence-electron chi connectivity index (χ2n) is 1.82. The Kier molecular flexibility index (Phi) is 2.04. The highest BCUT2D eigenvalue weighted by molar-refractivity contribution is 7.80.